The second kappa shape index (κ2) is 4.44. The number of alkyl halides is 4. The highest BCUT2D eigenvalue weighted by molar-refractivity contribution is 4.80. The number of ether oxygens (including phenoxy) is 1. The molecule has 1 N–H and O–H groups in total. The normalized spacial score (nSPS) is 29.6. The maximum absolute atomic E-state index is 12.6. The van der Waals surface area contributed by atoms with Crippen LogP contribution in [0.3, 0.4) is 0 Å². The number of hydrogen-bond acceptors (Lipinski definition) is 2. The molecule has 0 aromatic rings. The number of hydrogen-bond donors (Lipinski definition) is 1. The van der Waals surface area contributed by atoms with Gasteiger partial charge in [0.2, 0.25) is 0 Å². The summed E-state index contributed by atoms with van der Waals surface area (Å²) in [5.74, 6) is -4.93. The van der Waals surface area contributed by atoms with Gasteiger partial charge in [0, 0.05) is 18.9 Å². The van der Waals surface area contributed by atoms with Crippen LogP contribution in [0.5, 0.6) is 0 Å². The Morgan fingerprint density at radius 2 is 2.07 bits per heavy atom. The minimum absolute atomic E-state index is 0.0799. The average molecular weight is 216 g/mol. The van der Waals surface area contributed by atoms with Crippen LogP contribution in [0.2, 0.25) is 0 Å². The van der Waals surface area contributed by atoms with E-state index in [2.05, 4.69) is 0 Å². The Hall–Kier alpha value is -0.360. The van der Waals surface area contributed by atoms with Crippen molar-refractivity contribution in [2.45, 2.75) is 31.3 Å². The van der Waals surface area contributed by atoms with E-state index in [9.17, 15) is 22.7 Å². The molecule has 2 nitrogen and oxygen atoms in total. The molecule has 84 valence electrons. The summed E-state index contributed by atoms with van der Waals surface area (Å²) in [4.78, 5) is 0. The van der Waals surface area contributed by atoms with Gasteiger partial charge in [-0.25, -0.2) is 17.6 Å². The zero-order chi connectivity index (χ0) is 10.8. The van der Waals surface area contributed by atoms with Gasteiger partial charge in [-0.3, -0.25) is 0 Å². The fourth-order valence-electron chi connectivity index (χ4n) is 1.42. The van der Waals surface area contributed by atoms with Gasteiger partial charge in [0.1, 0.15) is 0 Å². The Morgan fingerprint density at radius 3 is 2.57 bits per heavy atom. The lowest BCUT2D eigenvalue weighted by molar-refractivity contribution is -0.160. The number of halogens is 4. The highest BCUT2D eigenvalue weighted by Crippen LogP contribution is 2.33. The molecule has 6 heteroatoms. The van der Waals surface area contributed by atoms with Crippen molar-refractivity contribution < 1.29 is 27.4 Å². The van der Waals surface area contributed by atoms with Crippen LogP contribution in [0.1, 0.15) is 12.8 Å². The molecule has 0 aromatic heterocycles. The van der Waals surface area contributed by atoms with Crippen LogP contribution in [-0.4, -0.2) is 36.8 Å². The van der Waals surface area contributed by atoms with Crippen molar-refractivity contribution in [3.05, 3.63) is 0 Å². The lowest BCUT2D eigenvalue weighted by Crippen LogP contribution is -2.39. The first-order valence-electron chi connectivity index (χ1n) is 4.35. The third-order valence-corrected chi connectivity index (χ3v) is 2.29. The molecule has 1 aliphatic rings. The summed E-state index contributed by atoms with van der Waals surface area (Å²) in [6, 6.07) is 0. The van der Waals surface area contributed by atoms with Crippen LogP contribution >= 0.6 is 0 Å². The van der Waals surface area contributed by atoms with E-state index >= 15 is 0 Å². The minimum Gasteiger partial charge on any atom is -0.393 e. The number of rotatable bonds is 3. The molecule has 0 saturated carbocycles. The topological polar surface area (TPSA) is 29.5 Å². The van der Waals surface area contributed by atoms with E-state index in [1.807, 2.05) is 0 Å². The van der Waals surface area contributed by atoms with Crippen molar-refractivity contribution in [2.24, 2.45) is 5.92 Å². The standard InChI is InChI=1S/C8H12F4O2/c9-7(10)8(11,12)3-5-4-14-2-1-6(5)13/h5-7,13H,1-4H2. The van der Waals surface area contributed by atoms with Gasteiger partial charge in [-0.2, -0.15) is 0 Å². The van der Waals surface area contributed by atoms with Crippen LogP contribution in [-0.2, 0) is 4.74 Å². The van der Waals surface area contributed by atoms with E-state index in [0.29, 0.717) is 0 Å². The van der Waals surface area contributed by atoms with Crippen LogP contribution in [0, 0.1) is 5.92 Å². The molecule has 2 atom stereocenters. The predicted octanol–water partition coefficient (Wildman–Crippen LogP) is 1.67. The molecule has 0 radical (unpaired) electrons. The molecule has 1 heterocycles. The van der Waals surface area contributed by atoms with Gasteiger partial charge in [-0.15, -0.1) is 0 Å². The first-order chi connectivity index (χ1) is 6.43. The van der Waals surface area contributed by atoms with Gasteiger partial charge in [0.05, 0.1) is 12.7 Å². The largest absolute Gasteiger partial charge is 0.393 e. The summed E-state index contributed by atoms with van der Waals surface area (Å²) in [5, 5.41) is 9.26. The molecule has 14 heavy (non-hydrogen) atoms. The molecule has 1 saturated heterocycles. The first kappa shape index (κ1) is 11.7. The highest BCUT2D eigenvalue weighted by Gasteiger charge is 2.44. The van der Waals surface area contributed by atoms with Gasteiger partial charge in [-0.1, -0.05) is 0 Å². The SMILES string of the molecule is OC1CCOCC1CC(F)(F)C(F)F. The molecule has 0 aliphatic carbocycles. The summed E-state index contributed by atoms with van der Waals surface area (Å²) in [7, 11) is 0. The molecular weight excluding hydrogens is 204 g/mol. The van der Waals surface area contributed by atoms with Crippen LogP contribution in [0.25, 0.3) is 0 Å². The summed E-state index contributed by atoms with van der Waals surface area (Å²) < 4.78 is 53.7. The lowest BCUT2D eigenvalue weighted by atomic mass is 9.92. The van der Waals surface area contributed by atoms with Gasteiger partial charge in [0.25, 0.3) is 0 Å². The van der Waals surface area contributed by atoms with E-state index in [0.717, 1.165) is 0 Å². The van der Waals surface area contributed by atoms with Crippen molar-refractivity contribution in [1.29, 1.82) is 0 Å². The minimum atomic E-state index is -4.04. The van der Waals surface area contributed by atoms with Crippen molar-refractivity contribution in [3.63, 3.8) is 0 Å². The third kappa shape index (κ3) is 2.81. The van der Waals surface area contributed by atoms with Gasteiger partial charge >= 0.3 is 12.3 Å². The number of aliphatic hydroxyl groups is 1. The van der Waals surface area contributed by atoms with Crippen LogP contribution in [0.15, 0.2) is 0 Å². The fourth-order valence-corrected chi connectivity index (χ4v) is 1.42. The Labute approximate surface area is 78.9 Å². The van der Waals surface area contributed by atoms with Crippen molar-refractivity contribution in [1.82, 2.24) is 0 Å². The van der Waals surface area contributed by atoms with Gasteiger partial charge < -0.3 is 9.84 Å². The predicted molar refractivity (Wildman–Crippen MR) is 40.5 cm³/mol. The lowest BCUT2D eigenvalue weighted by Gasteiger charge is -2.30. The van der Waals surface area contributed by atoms with Crippen molar-refractivity contribution >= 4 is 0 Å². The Kier molecular flexibility index (Phi) is 3.71. The number of aliphatic hydroxyl groups excluding tert-OH is 1. The van der Waals surface area contributed by atoms with Crippen molar-refractivity contribution in [3.8, 4) is 0 Å². The first-order valence-corrected chi connectivity index (χ1v) is 4.35. The zero-order valence-corrected chi connectivity index (χ0v) is 7.43. The molecule has 0 aromatic carbocycles. The van der Waals surface area contributed by atoms with Crippen molar-refractivity contribution in [2.75, 3.05) is 13.2 Å². The molecular formula is C8H12F4O2. The van der Waals surface area contributed by atoms with E-state index < -0.39 is 30.8 Å². The summed E-state index contributed by atoms with van der Waals surface area (Å²) in [6.45, 7) is 0.210. The molecule has 1 rings (SSSR count). The zero-order valence-electron chi connectivity index (χ0n) is 7.43. The Bertz CT molecular complexity index is 186. The summed E-state index contributed by atoms with van der Waals surface area (Å²) in [5.41, 5.74) is 0. The Balaban J connectivity index is 2.49. The monoisotopic (exact) mass is 216 g/mol. The Morgan fingerprint density at radius 1 is 1.43 bits per heavy atom. The van der Waals surface area contributed by atoms with E-state index in [4.69, 9.17) is 4.74 Å². The van der Waals surface area contributed by atoms with E-state index in [1.165, 1.54) is 0 Å². The second-order valence-corrected chi connectivity index (χ2v) is 3.46. The molecule has 0 spiro atoms. The summed E-state index contributed by atoms with van der Waals surface area (Å²) in [6.07, 6.45) is -5.44. The second-order valence-electron chi connectivity index (χ2n) is 3.46. The van der Waals surface area contributed by atoms with Crippen LogP contribution < -0.4 is 0 Å². The van der Waals surface area contributed by atoms with Gasteiger partial charge in [-0.05, 0) is 6.42 Å². The molecule has 0 bridgehead atoms. The maximum atomic E-state index is 12.6. The summed E-state index contributed by atoms with van der Waals surface area (Å²) >= 11 is 0. The van der Waals surface area contributed by atoms with E-state index in [1.54, 1.807) is 0 Å². The molecule has 1 aliphatic heterocycles. The third-order valence-electron chi connectivity index (χ3n) is 2.29. The highest BCUT2D eigenvalue weighted by atomic mass is 19.3. The maximum Gasteiger partial charge on any atom is 0.307 e. The molecule has 2 unspecified atom stereocenters. The van der Waals surface area contributed by atoms with E-state index in [-0.39, 0.29) is 19.6 Å². The smallest absolute Gasteiger partial charge is 0.307 e. The van der Waals surface area contributed by atoms with Crippen LogP contribution in [0.4, 0.5) is 17.6 Å². The fraction of sp³-hybridized carbons (Fsp3) is 1.00. The quantitative estimate of drug-likeness (QED) is 0.727. The molecule has 0 amide bonds. The van der Waals surface area contributed by atoms with Gasteiger partial charge in [0.15, 0.2) is 0 Å². The average Bonchev–Trinajstić information content (AvgIpc) is 2.08. The molecule has 1 fully saturated rings.